The van der Waals surface area contributed by atoms with Gasteiger partial charge in [0.2, 0.25) is 5.91 Å². The van der Waals surface area contributed by atoms with Crippen LogP contribution < -0.4 is 10.7 Å². The number of amides is 2. The summed E-state index contributed by atoms with van der Waals surface area (Å²) in [7, 11) is 0. The molecule has 0 fully saturated rings. The Morgan fingerprint density at radius 3 is 2.55 bits per heavy atom. The van der Waals surface area contributed by atoms with Crippen LogP contribution in [0.1, 0.15) is 29.4 Å². The molecule has 1 aliphatic heterocycles. The van der Waals surface area contributed by atoms with Crippen LogP contribution in [0.3, 0.4) is 0 Å². The molecular formula is C20H18ClN3O6S. The first kappa shape index (κ1) is 22.4. The number of carbonyl (C=O) groups excluding carboxylic acids is 4. The van der Waals surface area contributed by atoms with Crippen molar-refractivity contribution < 1.29 is 28.7 Å². The van der Waals surface area contributed by atoms with Crippen molar-refractivity contribution >= 4 is 58.1 Å². The summed E-state index contributed by atoms with van der Waals surface area (Å²) >= 11 is 7.08. The summed E-state index contributed by atoms with van der Waals surface area (Å²) in [6, 6.07) is 8.66. The van der Waals surface area contributed by atoms with Crippen molar-refractivity contribution in [2.75, 3.05) is 18.5 Å². The number of carbonyl (C=O) groups is 4. The first-order valence-corrected chi connectivity index (χ1v) is 10.5. The number of halogens is 1. The van der Waals surface area contributed by atoms with E-state index in [1.165, 1.54) is 0 Å². The molecule has 2 heterocycles. The molecule has 31 heavy (non-hydrogen) atoms. The summed E-state index contributed by atoms with van der Waals surface area (Å²) in [4.78, 5) is 48.6. The van der Waals surface area contributed by atoms with E-state index in [-0.39, 0.29) is 41.6 Å². The van der Waals surface area contributed by atoms with E-state index in [9.17, 15) is 19.2 Å². The Morgan fingerprint density at radius 2 is 1.90 bits per heavy atom. The topological polar surface area (TPSA) is 123 Å². The molecular weight excluding hydrogens is 446 g/mol. The third kappa shape index (κ3) is 5.89. The average molecular weight is 464 g/mol. The van der Waals surface area contributed by atoms with E-state index >= 15 is 0 Å². The number of thiophene rings is 1. The minimum atomic E-state index is -0.798. The predicted octanol–water partition coefficient (Wildman–Crippen LogP) is 2.99. The molecule has 2 aromatic rings. The van der Waals surface area contributed by atoms with Crippen molar-refractivity contribution in [3.63, 3.8) is 0 Å². The molecule has 0 radical (unpaired) electrons. The van der Waals surface area contributed by atoms with Crippen LogP contribution in [0.5, 0.6) is 0 Å². The van der Waals surface area contributed by atoms with Crippen molar-refractivity contribution in [3.05, 3.63) is 40.2 Å². The normalized spacial score (nSPS) is 13.1. The van der Waals surface area contributed by atoms with Gasteiger partial charge in [0, 0.05) is 22.7 Å². The molecule has 2 amide bonds. The zero-order valence-corrected chi connectivity index (χ0v) is 18.0. The van der Waals surface area contributed by atoms with E-state index in [1.54, 1.807) is 37.3 Å². The fourth-order valence-corrected chi connectivity index (χ4v) is 3.75. The van der Waals surface area contributed by atoms with Crippen LogP contribution in [-0.4, -0.2) is 42.7 Å². The molecule has 11 heteroatoms. The van der Waals surface area contributed by atoms with E-state index in [4.69, 9.17) is 21.1 Å². The number of rotatable bonds is 7. The van der Waals surface area contributed by atoms with Gasteiger partial charge in [-0.1, -0.05) is 23.7 Å². The summed E-state index contributed by atoms with van der Waals surface area (Å²) in [6.45, 7) is 1.27. The lowest BCUT2D eigenvalue weighted by Gasteiger charge is -2.11. The lowest BCUT2D eigenvalue weighted by molar-refractivity contribution is -0.140. The minimum Gasteiger partial charge on any atom is -0.462 e. The molecule has 0 saturated carbocycles. The Labute approximate surface area is 186 Å². The first-order chi connectivity index (χ1) is 14.9. The molecule has 1 aromatic carbocycles. The van der Waals surface area contributed by atoms with Gasteiger partial charge in [-0.2, -0.15) is 5.10 Å². The SMILES string of the molecule is CCOC(=O)c1sc(-c2ccc(Cl)cc2)cc1NC(=O)COC(=O)C1=NNC(=O)CC1. The van der Waals surface area contributed by atoms with Crippen molar-refractivity contribution in [3.8, 4) is 10.4 Å². The Hall–Kier alpha value is -3.24. The van der Waals surface area contributed by atoms with Gasteiger partial charge in [-0.05, 0) is 30.7 Å². The molecule has 0 unspecified atom stereocenters. The summed E-state index contributed by atoms with van der Waals surface area (Å²) in [5, 5.41) is 6.76. The van der Waals surface area contributed by atoms with Gasteiger partial charge in [0.15, 0.2) is 6.61 Å². The number of hydrazone groups is 1. The quantitative estimate of drug-likeness (QED) is 0.608. The number of hydrogen-bond donors (Lipinski definition) is 2. The Bertz CT molecular complexity index is 1050. The summed E-state index contributed by atoms with van der Waals surface area (Å²) in [6.07, 6.45) is 0.250. The maximum Gasteiger partial charge on any atom is 0.355 e. The zero-order chi connectivity index (χ0) is 22.4. The van der Waals surface area contributed by atoms with Crippen LogP contribution in [0.4, 0.5) is 5.69 Å². The van der Waals surface area contributed by atoms with Crippen LogP contribution >= 0.6 is 22.9 Å². The minimum absolute atomic E-state index is 0.0279. The van der Waals surface area contributed by atoms with Gasteiger partial charge in [0.1, 0.15) is 10.6 Å². The molecule has 2 N–H and O–H groups in total. The van der Waals surface area contributed by atoms with Crippen LogP contribution in [0, 0.1) is 0 Å². The Balaban J connectivity index is 1.70. The van der Waals surface area contributed by atoms with Gasteiger partial charge in [-0.25, -0.2) is 15.0 Å². The van der Waals surface area contributed by atoms with Gasteiger partial charge in [0.05, 0.1) is 12.3 Å². The number of benzene rings is 1. The van der Waals surface area contributed by atoms with Crippen molar-refractivity contribution in [1.82, 2.24) is 5.43 Å². The monoisotopic (exact) mass is 463 g/mol. The second kappa shape index (κ2) is 10.2. The summed E-state index contributed by atoms with van der Waals surface area (Å²) in [5.41, 5.74) is 3.27. The lowest BCUT2D eigenvalue weighted by atomic mass is 10.2. The number of anilines is 1. The second-order valence-corrected chi connectivity index (χ2v) is 7.79. The molecule has 162 valence electrons. The van der Waals surface area contributed by atoms with Crippen LogP contribution in [0.2, 0.25) is 5.02 Å². The molecule has 1 aromatic heterocycles. The number of nitrogens with one attached hydrogen (secondary N) is 2. The number of hydrogen-bond acceptors (Lipinski definition) is 8. The van der Waals surface area contributed by atoms with Gasteiger partial charge < -0.3 is 14.8 Å². The second-order valence-electron chi connectivity index (χ2n) is 6.30. The molecule has 0 atom stereocenters. The van der Waals surface area contributed by atoms with E-state index in [2.05, 4.69) is 15.8 Å². The zero-order valence-electron chi connectivity index (χ0n) is 16.4. The number of nitrogens with zero attached hydrogens (tertiary/aromatic N) is 1. The molecule has 9 nitrogen and oxygen atoms in total. The summed E-state index contributed by atoms with van der Waals surface area (Å²) in [5.74, 6) is -2.31. The highest BCUT2D eigenvalue weighted by Crippen LogP contribution is 2.35. The van der Waals surface area contributed by atoms with E-state index in [0.717, 1.165) is 21.8 Å². The van der Waals surface area contributed by atoms with E-state index in [0.29, 0.717) is 5.02 Å². The van der Waals surface area contributed by atoms with Crippen molar-refractivity contribution in [2.24, 2.45) is 5.10 Å². The Kier molecular flexibility index (Phi) is 7.37. The van der Waals surface area contributed by atoms with Crippen LogP contribution in [-0.2, 0) is 23.9 Å². The number of esters is 2. The lowest BCUT2D eigenvalue weighted by Crippen LogP contribution is -2.32. The van der Waals surface area contributed by atoms with Gasteiger partial charge >= 0.3 is 11.9 Å². The molecule has 0 spiro atoms. The fraction of sp³-hybridized carbons (Fsp3) is 0.250. The van der Waals surface area contributed by atoms with Crippen molar-refractivity contribution in [2.45, 2.75) is 19.8 Å². The first-order valence-electron chi connectivity index (χ1n) is 9.26. The van der Waals surface area contributed by atoms with Crippen molar-refractivity contribution in [1.29, 1.82) is 0 Å². The van der Waals surface area contributed by atoms with Gasteiger partial charge in [-0.15, -0.1) is 11.3 Å². The highest BCUT2D eigenvalue weighted by atomic mass is 35.5. The highest BCUT2D eigenvalue weighted by molar-refractivity contribution is 7.18. The van der Waals surface area contributed by atoms with Crippen LogP contribution in [0.25, 0.3) is 10.4 Å². The molecule has 0 aliphatic carbocycles. The fourth-order valence-electron chi connectivity index (χ4n) is 2.61. The Morgan fingerprint density at radius 1 is 1.16 bits per heavy atom. The van der Waals surface area contributed by atoms with E-state index < -0.39 is 24.5 Å². The molecule has 0 saturated heterocycles. The maximum absolute atomic E-state index is 12.3. The third-order valence-corrected chi connectivity index (χ3v) is 5.49. The number of ether oxygens (including phenoxy) is 2. The maximum atomic E-state index is 12.3. The standard InChI is InChI=1S/C20H18ClN3O6S/c1-2-29-20(28)18-14(9-15(31-18)11-3-5-12(21)6-4-11)22-17(26)10-30-19(27)13-7-8-16(25)24-23-13/h3-6,9H,2,7-8,10H2,1H3,(H,22,26)(H,24,25). The molecule has 0 bridgehead atoms. The predicted molar refractivity (Wildman–Crippen MR) is 115 cm³/mol. The smallest absolute Gasteiger partial charge is 0.355 e. The van der Waals surface area contributed by atoms with E-state index in [1.807, 2.05) is 0 Å². The third-order valence-electron chi connectivity index (χ3n) is 4.07. The van der Waals surface area contributed by atoms with Gasteiger partial charge in [-0.3, -0.25) is 9.59 Å². The average Bonchev–Trinajstić information content (AvgIpc) is 3.17. The highest BCUT2D eigenvalue weighted by Gasteiger charge is 2.23. The van der Waals surface area contributed by atoms with Crippen LogP contribution in [0.15, 0.2) is 35.4 Å². The van der Waals surface area contributed by atoms with Gasteiger partial charge in [0.25, 0.3) is 5.91 Å². The molecule has 1 aliphatic rings. The largest absolute Gasteiger partial charge is 0.462 e. The summed E-state index contributed by atoms with van der Waals surface area (Å²) < 4.78 is 10.0. The molecule has 3 rings (SSSR count).